The summed E-state index contributed by atoms with van der Waals surface area (Å²) in [4.78, 5) is 11.1. The number of nitrogens with zero attached hydrogens (tertiary/aromatic N) is 1. The molecule has 19 heavy (non-hydrogen) atoms. The van der Waals surface area contributed by atoms with Gasteiger partial charge in [0.15, 0.2) is 0 Å². The van der Waals surface area contributed by atoms with Crippen molar-refractivity contribution in [3.05, 3.63) is 24.3 Å². The summed E-state index contributed by atoms with van der Waals surface area (Å²) in [5.74, 6) is -1.05. The molecule has 0 fully saturated rings. The number of para-hydroxylation sites is 1. The van der Waals surface area contributed by atoms with E-state index >= 15 is 0 Å². The van der Waals surface area contributed by atoms with Gasteiger partial charge in [-0.15, -0.1) is 0 Å². The first kappa shape index (κ1) is 15.5. The first-order valence-corrected chi connectivity index (χ1v) is 6.95. The molecule has 0 amide bonds. The van der Waals surface area contributed by atoms with Gasteiger partial charge in [-0.1, -0.05) is 12.1 Å². The Balaban J connectivity index is 3.36. The second-order valence-electron chi connectivity index (χ2n) is 4.49. The van der Waals surface area contributed by atoms with Gasteiger partial charge in [-0.25, -0.2) is 8.42 Å². The van der Waals surface area contributed by atoms with Crippen molar-refractivity contribution in [2.24, 2.45) is 0 Å². The Labute approximate surface area is 112 Å². The summed E-state index contributed by atoms with van der Waals surface area (Å²) in [5, 5.41) is 9.11. The second kappa shape index (κ2) is 5.18. The molecule has 0 aliphatic heterocycles. The minimum atomic E-state index is -3.96. The first-order chi connectivity index (χ1) is 8.65. The van der Waals surface area contributed by atoms with E-state index in [-0.39, 0.29) is 10.6 Å². The van der Waals surface area contributed by atoms with Gasteiger partial charge in [0.1, 0.15) is 16.2 Å². The van der Waals surface area contributed by atoms with E-state index < -0.39 is 21.5 Å². The number of carboxylic acid groups (broad SMARTS) is 1. The van der Waals surface area contributed by atoms with Gasteiger partial charge < -0.3 is 9.84 Å². The van der Waals surface area contributed by atoms with Gasteiger partial charge in [0.05, 0.1) is 7.11 Å². The zero-order valence-corrected chi connectivity index (χ0v) is 12.1. The summed E-state index contributed by atoms with van der Waals surface area (Å²) in [6, 6.07) is 6.08. The minimum Gasteiger partial charge on any atom is -0.495 e. The lowest BCUT2D eigenvalue weighted by atomic mass is 10.1. The van der Waals surface area contributed by atoms with Crippen molar-refractivity contribution in [3.8, 4) is 5.75 Å². The maximum Gasteiger partial charge on any atom is 0.324 e. The molecule has 0 spiro atoms. The third-order valence-corrected chi connectivity index (χ3v) is 5.09. The van der Waals surface area contributed by atoms with Crippen LogP contribution in [0, 0.1) is 0 Å². The summed E-state index contributed by atoms with van der Waals surface area (Å²) in [6.45, 7) is 2.64. The van der Waals surface area contributed by atoms with Crippen LogP contribution >= 0.6 is 0 Å². The number of benzene rings is 1. The Morgan fingerprint density at radius 3 is 2.32 bits per heavy atom. The second-order valence-corrected chi connectivity index (χ2v) is 6.43. The lowest BCUT2D eigenvalue weighted by Gasteiger charge is -2.30. The van der Waals surface area contributed by atoms with Gasteiger partial charge >= 0.3 is 5.97 Å². The summed E-state index contributed by atoms with van der Waals surface area (Å²) >= 11 is 0. The number of ether oxygens (including phenoxy) is 1. The molecule has 1 aromatic rings. The van der Waals surface area contributed by atoms with Crippen LogP contribution < -0.4 is 4.74 Å². The zero-order valence-electron chi connectivity index (χ0n) is 11.2. The number of aliphatic carboxylic acids is 1. The molecule has 0 saturated carbocycles. The van der Waals surface area contributed by atoms with E-state index in [0.29, 0.717) is 0 Å². The highest BCUT2D eigenvalue weighted by Gasteiger charge is 2.41. The summed E-state index contributed by atoms with van der Waals surface area (Å²) in [5.41, 5.74) is -1.56. The van der Waals surface area contributed by atoms with Gasteiger partial charge in [0.25, 0.3) is 0 Å². The molecule has 0 aliphatic rings. The Kier molecular flexibility index (Phi) is 4.21. The van der Waals surface area contributed by atoms with E-state index in [0.717, 1.165) is 4.31 Å². The molecule has 0 aliphatic carbocycles. The van der Waals surface area contributed by atoms with Crippen molar-refractivity contribution in [1.29, 1.82) is 0 Å². The monoisotopic (exact) mass is 287 g/mol. The van der Waals surface area contributed by atoms with Gasteiger partial charge in [-0.3, -0.25) is 4.79 Å². The van der Waals surface area contributed by atoms with Crippen LogP contribution in [0.2, 0.25) is 0 Å². The van der Waals surface area contributed by atoms with Crippen molar-refractivity contribution in [3.63, 3.8) is 0 Å². The average Bonchev–Trinajstić information content (AvgIpc) is 2.37. The fourth-order valence-corrected chi connectivity index (χ4v) is 3.04. The van der Waals surface area contributed by atoms with E-state index in [1.165, 1.54) is 40.1 Å². The molecule has 0 heterocycles. The van der Waals surface area contributed by atoms with Crippen molar-refractivity contribution < 1.29 is 23.1 Å². The number of hydrogen-bond donors (Lipinski definition) is 1. The highest BCUT2D eigenvalue weighted by molar-refractivity contribution is 7.89. The number of methoxy groups -OCH3 is 1. The molecule has 1 N–H and O–H groups in total. The SMILES string of the molecule is COc1ccccc1S(=O)(=O)N(C)C(C)(C)C(=O)O. The largest absolute Gasteiger partial charge is 0.495 e. The molecule has 0 bridgehead atoms. The summed E-state index contributed by atoms with van der Waals surface area (Å²) in [7, 11) is -1.37. The molecule has 0 saturated heterocycles. The topological polar surface area (TPSA) is 83.9 Å². The van der Waals surface area contributed by atoms with Crippen LogP contribution in [0.5, 0.6) is 5.75 Å². The normalized spacial score (nSPS) is 12.5. The van der Waals surface area contributed by atoms with Crippen molar-refractivity contribution in [2.45, 2.75) is 24.3 Å². The number of carboxylic acids is 1. The lowest BCUT2D eigenvalue weighted by Crippen LogP contribution is -2.50. The van der Waals surface area contributed by atoms with Crippen molar-refractivity contribution >= 4 is 16.0 Å². The van der Waals surface area contributed by atoms with Crippen LogP contribution in [0.15, 0.2) is 29.2 Å². The lowest BCUT2D eigenvalue weighted by molar-refractivity contribution is -0.145. The molecule has 7 heteroatoms. The molecule has 6 nitrogen and oxygen atoms in total. The Morgan fingerprint density at radius 1 is 1.32 bits per heavy atom. The van der Waals surface area contributed by atoms with E-state index in [2.05, 4.69) is 0 Å². The van der Waals surface area contributed by atoms with E-state index in [4.69, 9.17) is 9.84 Å². The molecule has 1 aromatic carbocycles. The fraction of sp³-hybridized carbons (Fsp3) is 0.417. The molecule has 0 atom stereocenters. The van der Waals surface area contributed by atoms with Crippen LogP contribution in [0.25, 0.3) is 0 Å². The average molecular weight is 287 g/mol. The molecular formula is C12H17NO5S. The Hall–Kier alpha value is -1.60. The van der Waals surface area contributed by atoms with Gasteiger partial charge in [0.2, 0.25) is 10.0 Å². The Bertz CT molecular complexity index is 580. The van der Waals surface area contributed by atoms with Gasteiger partial charge in [0, 0.05) is 7.05 Å². The standard InChI is InChI=1S/C12H17NO5S/c1-12(2,11(14)15)13(3)19(16,17)10-8-6-5-7-9(10)18-4/h5-8H,1-4H3,(H,14,15). The van der Waals surface area contributed by atoms with Crippen LogP contribution in [0.1, 0.15) is 13.8 Å². The summed E-state index contributed by atoms with van der Waals surface area (Å²) in [6.07, 6.45) is 0. The number of sulfonamides is 1. The predicted octanol–water partition coefficient (Wildman–Crippen LogP) is 1.18. The van der Waals surface area contributed by atoms with Crippen LogP contribution in [0.4, 0.5) is 0 Å². The van der Waals surface area contributed by atoms with Crippen LogP contribution in [0.3, 0.4) is 0 Å². The molecule has 106 valence electrons. The zero-order chi connectivity index (χ0) is 14.8. The van der Waals surface area contributed by atoms with E-state index in [1.807, 2.05) is 0 Å². The molecule has 1 rings (SSSR count). The molecule has 0 radical (unpaired) electrons. The van der Waals surface area contributed by atoms with Gasteiger partial charge in [-0.2, -0.15) is 4.31 Å². The highest BCUT2D eigenvalue weighted by Crippen LogP contribution is 2.29. The maximum atomic E-state index is 12.4. The van der Waals surface area contributed by atoms with Crippen LogP contribution in [-0.2, 0) is 14.8 Å². The van der Waals surface area contributed by atoms with Crippen molar-refractivity contribution in [1.82, 2.24) is 4.31 Å². The minimum absolute atomic E-state index is 0.0608. The van der Waals surface area contributed by atoms with Crippen molar-refractivity contribution in [2.75, 3.05) is 14.2 Å². The summed E-state index contributed by atoms with van der Waals surface area (Å²) < 4.78 is 30.7. The number of carbonyl (C=O) groups is 1. The fourth-order valence-electron chi connectivity index (χ4n) is 1.41. The van der Waals surface area contributed by atoms with Gasteiger partial charge in [-0.05, 0) is 26.0 Å². The molecule has 0 unspecified atom stereocenters. The smallest absolute Gasteiger partial charge is 0.324 e. The quantitative estimate of drug-likeness (QED) is 0.879. The van der Waals surface area contributed by atoms with E-state index in [1.54, 1.807) is 12.1 Å². The van der Waals surface area contributed by atoms with Crippen LogP contribution in [-0.4, -0.2) is 43.5 Å². The third-order valence-electron chi connectivity index (χ3n) is 3.02. The number of likely N-dealkylation sites (N-methyl/N-ethyl adjacent to an activating group) is 1. The number of rotatable bonds is 5. The molecule has 0 aromatic heterocycles. The predicted molar refractivity (Wildman–Crippen MR) is 69.7 cm³/mol. The highest BCUT2D eigenvalue weighted by atomic mass is 32.2. The van der Waals surface area contributed by atoms with E-state index in [9.17, 15) is 13.2 Å². The maximum absolute atomic E-state index is 12.4. The Morgan fingerprint density at radius 2 is 1.84 bits per heavy atom. The molecular weight excluding hydrogens is 270 g/mol. The third kappa shape index (κ3) is 2.71. The first-order valence-electron chi connectivity index (χ1n) is 5.51. The number of hydrogen-bond acceptors (Lipinski definition) is 4.